The fourth-order valence-electron chi connectivity index (χ4n) is 5.05. The lowest BCUT2D eigenvalue weighted by Crippen LogP contribution is -2.53. The number of primary amides is 1. The van der Waals surface area contributed by atoms with Gasteiger partial charge in [0.25, 0.3) is 11.8 Å². The third-order valence-corrected chi connectivity index (χ3v) is 8.52. The molecule has 2 aromatic rings. The maximum Gasteiger partial charge on any atom is 0.253 e. The first-order valence-electron chi connectivity index (χ1n) is 15.5. The summed E-state index contributed by atoms with van der Waals surface area (Å²) >= 11 is 0. The number of aliphatic hydroxyl groups is 1. The van der Waals surface area contributed by atoms with E-state index in [1.54, 1.807) is 18.7 Å². The van der Waals surface area contributed by atoms with E-state index in [1.165, 1.54) is 23.2 Å². The summed E-state index contributed by atoms with van der Waals surface area (Å²) in [4.78, 5) is 43.2. The van der Waals surface area contributed by atoms with Gasteiger partial charge in [0.2, 0.25) is 15.9 Å². The van der Waals surface area contributed by atoms with Crippen LogP contribution in [0.1, 0.15) is 90.5 Å². The molecule has 0 aliphatic carbocycles. The molecule has 2 rings (SSSR count). The number of sulfonamides is 1. The van der Waals surface area contributed by atoms with Crippen molar-refractivity contribution in [3.63, 3.8) is 0 Å². The molecule has 2 atom stereocenters. The Morgan fingerprint density at radius 1 is 0.870 bits per heavy atom. The third kappa shape index (κ3) is 12.4. The van der Waals surface area contributed by atoms with Gasteiger partial charge in [-0.2, -0.15) is 0 Å². The van der Waals surface area contributed by atoms with E-state index in [9.17, 15) is 36.7 Å². The van der Waals surface area contributed by atoms with Crippen molar-refractivity contribution in [2.24, 2.45) is 11.7 Å². The molecule has 0 spiro atoms. The van der Waals surface area contributed by atoms with Gasteiger partial charge >= 0.3 is 0 Å². The van der Waals surface area contributed by atoms with Crippen LogP contribution < -0.4 is 15.9 Å². The van der Waals surface area contributed by atoms with Crippen molar-refractivity contribution in [3.05, 3.63) is 70.3 Å². The number of hydrogen-bond acceptors (Lipinski definition) is 7. The fourth-order valence-corrected chi connectivity index (χ4v) is 6.56. The molecule has 2 unspecified atom stereocenters. The molecule has 0 saturated heterocycles. The summed E-state index contributed by atoms with van der Waals surface area (Å²) in [6, 6.07) is 5.47. The van der Waals surface area contributed by atoms with Crippen LogP contribution in [0.4, 0.5) is 8.78 Å². The highest BCUT2D eigenvalue weighted by Gasteiger charge is 2.28. The maximum absolute atomic E-state index is 14.1. The molecule has 0 heterocycles. The van der Waals surface area contributed by atoms with Gasteiger partial charge in [-0.05, 0) is 67.5 Å². The first-order valence-corrected chi connectivity index (χ1v) is 17.2. The van der Waals surface area contributed by atoms with Gasteiger partial charge in [0.15, 0.2) is 0 Å². The van der Waals surface area contributed by atoms with E-state index >= 15 is 0 Å². The maximum atomic E-state index is 14.1. The summed E-state index contributed by atoms with van der Waals surface area (Å²) in [6.45, 7) is 10.0. The van der Waals surface area contributed by atoms with Gasteiger partial charge in [0.05, 0.1) is 17.9 Å². The number of rotatable bonds is 19. The minimum Gasteiger partial charge on any atom is -0.390 e. The molecule has 0 aromatic heterocycles. The molecular weight excluding hydrogens is 620 g/mol. The Morgan fingerprint density at radius 3 is 1.93 bits per heavy atom. The van der Waals surface area contributed by atoms with Crippen molar-refractivity contribution in [2.75, 3.05) is 31.9 Å². The zero-order chi connectivity index (χ0) is 34.6. The van der Waals surface area contributed by atoms with Crippen molar-refractivity contribution in [3.8, 4) is 0 Å². The number of benzene rings is 2. The van der Waals surface area contributed by atoms with E-state index in [0.29, 0.717) is 38.4 Å². The molecule has 0 radical (unpaired) electrons. The fraction of sp³-hybridized carbons (Fsp3) is 0.531. The van der Waals surface area contributed by atoms with Gasteiger partial charge in [0, 0.05) is 48.9 Å². The number of hydrogen-bond donors (Lipinski definition) is 4. The summed E-state index contributed by atoms with van der Waals surface area (Å²) in [5.41, 5.74) is 5.54. The minimum absolute atomic E-state index is 0.0707. The average molecular weight is 668 g/mol. The SMILES string of the molecule is CCCN(CC(O)C(Cc1cc(F)cc(F)c1)NC(=O)c1cc(C(N)=O)cc(C(=O)N(CCC)CCC)c1)NS(=O)(=O)CC(C)C. The van der Waals surface area contributed by atoms with Gasteiger partial charge < -0.3 is 21.1 Å². The lowest BCUT2D eigenvalue weighted by atomic mass is 9.99. The van der Waals surface area contributed by atoms with E-state index in [-0.39, 0.29) is 53.4 Å². The number of aliphatic hydroxyl groups excluding tert-OH is 1. The van der Waals surface area contributed by atoms with Crippen LogP contribution in [0.25, 0.3) is 0 Å². The number of halogens is 2. The molecule has 11 nitrogen and oxygen atoms in total. The number of nitrogens with zero attached hydrogens (tertiary/aromatic N) is 2. The Bertz CT molecular complexity index is 1430. The molecular formula is C32H47F2N5O6S. The Morgan fingerprint density at radius 2 is 1.41 bits per heavy atom. The molecule has 0 aliphatic rings. The van der Waals surface area contributed by atoms with Crippen molar-refractivity contribution >= 4 is 27.7 Å². The number of nitrogens with one attached hydrogen (secondary N) is 2. The largest absolute Gasteiger partial charge is 0.390 e. The highest BCUT2D eigenvalue weighted by atomic mass is 32.2. The Hall–Kier alpha value is -3.46. The number of carbonyl (C=O) groups excluding carboxylic acids is 3. The highest BCUT2D eigenvalue weighted by molar-refractivity contribution is 7.89. The van der Waals surface area contributed by atoms with Crippen LogP contribution >= 0.6 is 0 Å². The Kier molecular flexibility index (Phi) is 15.2. The van der Waals surface area contributed by atoms with Crippen molar-refractivity contribution < 1.29 is 36.7 Å². The molecule has 256 valence electrons. The number of carbonyl (C=O) groups is 3. The normalized spacial score (nSPS) is 13.1. The predicted molar refractivity (Wildman–Crippen MR) is 172 cm³/mol. The summed E-state index contributed by atoms with van der Waals surface area (Å²) in [5, 5.41) is 15.3. The highest BCUT2D eigenvalue weighted by Crippen LogP contribution is 2.17. The number of amides is 3. The Labute approximate surface area is 270 Å². The number of hydrazine groups is 1. The standard InChI is InChI=1S/C32H47F2N5O6S/c1-6-9-38(10-7-2)32(43)25-16-23(30(35)41)15-24(17-25)31(42)36-28(14-22-12-26(33)18-27(34)13-22)29(40)19-39(11-8-3)37-46(44,45)20-21(4)5/h12-13,15-18,21,28-29,37,40H,6-11,14,19-20H2,1-5H3,(H2,35,41)(H,36,42). The van der Waals surface area contributed by atoms with Gasteiger partial charge in [-0.3, -0.25) is 14.4 Å². The predicted octanol–water partition coefficient (Wildman–Crippen LogP) is 3.23. The average Bonchev–Trinajstić information content (AvgIpc) is 2.94. The van der Waals surface area contributed by atoms with E-state index < -0.39 is 51.5 Å². The van der Waals surface area contributed by atoms with Gasteiger partial charge in [-0.1, -0.05) is 34.6 Å². The van der Waals surface area contributed by atoms with Gasteiger partial charge in [-0.25, -0.2) is 22.2 Å². The van der Waals surface area contributed by atoms with Gasteiger partial charge in [0.1, 0.15) is 11.6 Å². The van der Waals surface area contributed by atoms with Crippen LogP contribution in [0.3, 0.4) is 0 Å². The molecule has 3 amide bonds. The van der Waals surface area contributed by atoms with Gasteiger partial charge in [-0.15, -0.1) is 4.83 Å². The summed E-state index contributed by atoms with van der Waals surface area (Å²) in [7, 11) is -3.75. The summed E-state index contributed by atoms with van der Waals surface area (Å²) in [5.74, 6) is -4.08. The zero-order valence-electron chi connectivity index (χ0n) is 27.2. The first kappa shape index (κ1) is 38.7. The van der Waals surface area contributed by atoms with Crippen LogP contribution in [-0.4, -0.2) is 85.2 Å². The lowest BCUT2D eigenvalue weighted by molar-refractivity contribution is 0.0618. The lowest BCUT2D eigenvalue weighted by Gasteiger charge is -2.30. The first-order chi connectivity index (χ1) is 21.6. The van der Waals surface area contributed by atoms with Crippen molar-refractivity contribution in [2.45, 2.75) is 72.4 Å². The molecule has 0 bridgehead atoms. The van der Waals surface area contributed by atoms with Crippen molar-refractivity contribution in [1.29, 1.82) is 0 Å². The quantitative estimate of drug-likeness (QED) is 0.167. The second kappa shape index (κ2) is 18.0. The van der Waals surface area contributed by atoms with E-state index in [0.717, 1.165) is 12.1 Å². The van der Waals surface area contributed by atoms with E-state index in [4.69, 9.17) is 5.73 Å². The summed E-state index contributed by atoms with van der Waals surface area (Å²) < 4.78 is 53.4. The van der Waals surface area contributed by atoms with E-state index in [2.05, 4.69) is 10.1 Å². The molecule has 2 aromatic carbocycles. The molecule has 0 aliphatic heterocycles. The smallest absolute Gasteiger partial charge is 0.253 e. The molecule has 5 N–H and O–H groups in total. The van der Waals surface area contributed by atoms with Crippen LogP contribution in [0.5, 0.6) is 0 Å². The molecule has 0 saturated carbocycles. The third-order valence-electron chi connectivity index (χ3n) is 6.88. The number of nitrogens with two attached hydrogens (primary N) is 1. The summed E-state index contributed by atoms with van der Waals surface area (Å²) in [6.07, 6.45) is 0.234. The van der Waals surface area contributed by atoms with Crippen molar-refractivity contribution in [1.82, 2.24) is 20.1 Å². The monoisotopic (exact) mass is 667 g/mol. The Balaban J connectivity index is 2.48. The molecule has 46 heavy (non-hydrogen) atoms. The second-order valence-electron chi connectivity index (χ2n) is 11.8. The topological polar surface area (TPSA) is 162 Å². The van der Waals surface area contributed by atoms with Crippen LogP contribution in [0, 0.1) is 17.6 Å². The van der Waals surface area contributed by atoms with Crippen LogP contribution in [-0.2, 0) is 16.4 Å². The van der Waals surface area contributed by atoms with E-state index in [1.807, 2.05) is 20.8 Å². The molecule has 0 fully saturated rings. The molecule has 14 heteroatoms. The van der Waals surface area contributed by atoms with Crippen LogP contribution in [0.15, 0.2) is 36.4 Å². The van der Waals surface area contributed by atoms with Crippen LogP contribution in [0.2, 0.25) is 0 Å². The zero-order valence-corrected chi connectivity index (χ0v) is 28.0. The minimum atomic E-state index is -3.75. The second-order valence-corrected chi connectivity index (χ2v) is 13.5.